The second-order valence-electron chi connectivity index (χ2n) is 7.85. The molecule has 4 rings (SSSR count). The van der Waals surface area contributed by atoms with Crippen LogP contribution in [0, 0.1) is 12.7 Å². The summed E-state index contributed by atoms with van der Waals surface area (Å²) in [5.74, 6) is 1.75. The van der Waals surface area contributed by atoms with Crippen LogP contribution in [0.4, 0.5) is 21.1 Å². The molecule has 1 amide bonds. The number of nitrogens with zero attached hydrogens (tertiary/aromatic N) is 4. The van der Waals surface area contributed by atoms with E-state index in [0.29, 0.717) is 35.9 Å². The number of carbonyl (C=O) groups excluding carboxylic acids is 1. The third kappa shape index (κ3) is 5.00. The number of cyclic esters (lactones) is 1. The van der Waals surface area contributed by atoms with Crippen LogP contribution in [0.5, 0.6) is 17.2 Å². The van der Waals surface area contributed by atoms with Crippen molar-refractivity contribution in [1.82, 2.24) is 15.0 Å². The molecule has 2 heterocycles. The van der Waals surface area contributed by atoms with Gasteiger partial charge in [0, 0.05) is 1.43 Å². The lowest BCUT2D eigenvalue weighted by Crippen LogP contribution is -2.34. The van der Waals surface area contributed by atoms with Crippen LogP contribution < -0.4 is 19.7 Å². The average Bonchev–Trinajstić information content (AvgIpc) is 3.21. The fraction of sp³-hybridized carbons (Fsp3) is 0.333. The van der Waals surface area contributed by atoms with Crippen LogP contribution in [-0.2, 0) is 4.74 Å². The summed E-state index contributed by atoms with van der Waals surface area (Å²) in [7, 11) is 1.57. The van der Waals surface area contributed by atoms with Gasteiger partial charge >= 0.3 is 6.09 Å². The topological polar surface area (TPSA) is 98.7 Å². The van der Waals surface area contributed by atoms with E-state index in [4.69, 9.17) is 14.2 Å². The molecule has 0 spiro atoms. The third-order valence-corrected chi connectivity index (χ3v) is 5.47. The summed E-state index contributed by atoms with van der Waals surface area (Å²) in [6.45, 7) is 5.83. The molecule has 2 aromatic carbocycles. The summed E-state index contributed by atoms with van der Waals surface area (Å²) in [6.07, 6.45) is 0.228. The minimum Gasteiger partial charge on any atom is -0.497 e. The maximum atomic E-state index is 14.8. The first kappa shape index (κ1) is 23.2. The summed E-state index contributed by atoms with van der Waals surface area (Å²) < 4.78 is 30.7. The number of aryl methyl sites for hydroxylation is 1. The Kier molecular flexibility index (Phi) is 6.76. The van der Waals surface area contributed by atoms with Crippen molar-refractivity contribution in [3.8, 4) is 17.2 Å². The molecule has 0 bridgehead atoms. The van der Waals surface area contributed by atoms with Gasteiger partial charge in [-0.3, -0.25) is 0 Å². The molecule has 1 aromatic heterocycles. The van der Waals surface area contributed by atoms with Gasteiger partial charge in [-0.2, -0.15) is 15.0 Å². The maximum absolute atomic E-state index is 14.8. The Morgan fingerprint density at radius 3 is 2.62 bits per heavy atom. The van der Waals surface area contributed by atoms with E-state index < -0.39 is 11.9 Å². The fourth-order valence-electron chi connectivity index (χ4n) is 3.56. The number of nitrogens with one attached hydrogen (secondary N) is 1. The van der Waals surface area contributed by atoms with E-state index in [1.165, 1.54) is 11.0 Å². The van der Waals surface area contributed by atoms with E-state index in [0.717, 1.165) is 0 Å². The highest BCUT2D eigenvalue weighted by Gasteiger charge is 2.35. The second-order valence-corrected chi connectivity index (χ2v) is 7.85. The molecule has 0 radical (unpaired) electrons. The SMILES string of the molecule is CC[C@H]1COC(=O)N1c1nc(C)nc(N[C@@H](C)c2ccc(Oc3ccc(OC)cc3)c(F)c2)n1.[HH]. The van der Waals surface area contributed by atoms with Crippen LogP contribution in [-0.4, -0.2) is 40.8 Å². The maximum Gasteiger partial charge on any atom is 0.417 e. The van der Waals surface area contributed by atoms with E-state index in [-0.39, 0.29) is 31.2 Å². The van der Waals surface area contributed by atoms with E-state index >= 15 is 0 Å². The molecule has 0 unspecified atom stereocenters. The Morgan fingerprint density at radius 1 is 1.21 bits per heavy atom. The number of anilines is 2. The van der Waals surface area contributed by atoms with Gasteiger partial charge in [-0.25, -0.2) is 14.1 Å². The molecule has 1 N–H and O–H groups in total. The molecule has 0 aliphatic carbocycles. The first-order chi connectivity index (χ1) is 16.4. The highest BCUT2D eigenvalue weighted by molar-refractivity contribution is 5.88. The number of rotatable bonds is 8. The zero-order chi connectivity index (χ0) is 24.2. The number of carbonyl (C=O) groups is 1. The molecular formula is C24H28FN5O4. The third-order valence-electron chi connectivity index (χ3n) is 5.47. The number of hydrogen-bond acceptors (Lipinski definition) is 8. The molecule has 180 valence electrons. The van der Waals surface area contributed by atoms with E-state index in [9.17, 15) is 9.18 Å². The number of methoxy groups -OCH3 is 1. The van der Waals surface area contributed by atoms with Crippen molar-refractivity contribution >= 4 is 18.0 Å². The molecule has 34 heavy (non-hydrogen) atoms. The Bertz CT molecular complexity index is 1180. The smallest absolute Gasteiger partial charge is 0.417 e. The number of ether oxygens (including phenoxy) is 3. The van der Waals surface area contributed by atoms with E-state index in [1.807, 2.05) is 13.8 Å². The zero-order valence-electron chi connectivity index (χ0n) is 19.4. The minimum absolute atomic E-state index is 0. The minimum atomic E-state index is -0.500. The predicted octanol–water partition coefficient (Wildman–Crippen LogP) is 5.27. The molecule has 0 saturated carbocycles. The quantitative estimate of drug-likeness (QED) is 0.476. The van der Waals surface area contributed by atoms with E-state index in [2.05, 4.69) is 20.3 Å². The Hall–Kier alpha value is -3.95. The Labute approximate surface area is 198 Å². The van der Waals surface area contributed by atoms with Crippen molar-refractivity contribution in [1.29, 1.82) is 0 Å². The lowest BCUT2D eigenvalue weighted by Gasteiger charge is -2.20. The Morgan fingerprint density at radius 2 is 1.94 bits per heavy atom. The largest absolute Gasteiger partial charge is 0.497 e. The van der Waals surface area contributed by atoms with Crippen LogP contribution in [0.3, 0.4) is 0 Å². The molecule has 1 saturated heterocycles. The van der Waals surface area contributed by atoms with Gasteiger partial charge in [-0.1, -0.05) is 13.0 Å². The van der Waals surface area contributed by atoms with Crippen LogP contribution in [0.25, 0.3) is 0 Å². The summed E-state index contributed by atoms with van der Waals surface area (Å²) in [5.41, 5.74) is 0.672. The van der Waals surface area contributed by atoms with Crippen molar-refractivity contribution in [2.24, 2.45) is 0 Å². The van der Waals surface area contributed by atoms with Crippen molar-refractivity contribution in [3.63, 3.8) is 0 Å². The monoisotopic (exact) mass is 469 g/mol. The molecule has 2 atom stereocenters. The molecule has 9 nitrogen and oxygen atoms in total. The highest BCUT2D eigenvalue weighted by Crippen LogP contribution is 2.29. The first-order valence-electron chi connectivity index (χ1n) is 10.9. The standard InChI is InChI=1S/C24H26FN5O4.H2/c1-5-17-13-33-24(31)30(17)23-28-15(3)27-22(29-23)26-14(2)16-6-11-21(20(25)12-16)34-19-9-7-18(32-4)8-10-19;/h6-12,14,17H,5,13H2,1-4H3,(H,26,27,28,29);1H/t14-,17-;/m0./s1. The van der Waals surface area contributed by atoms with Crippen molar-refractivity contribution < 1.29 is 24.8 Å². The van der Waals surface area contributed by atoms with Crippen LogP contribution in [0.1, 0.15) is 39.1 Å². The van der Waals surface area contributed by atoms with Gasteiger partial charge in [0.2, 0.25) is 11.9 Å². The number of aromatic nitrogens is 3. The summed E-state index contributed by atoms with van der Waals surface area (Å²) in [6, 6.07) is 11.2. The van der Waals surface area contributed by atoms with Crippen molar-refractivity contribution in [2.45, 2.75) is 39.3 Å². The lowest BCUT2D eigenvalue weighted by atomic mass is 10.1. The van der Waals surface area contributed by atoms with Crippen molar-refractivity contribution in [2.75, 3.05) is 23.9 Å². The predicted molar refractivity (Wildman–Crippen MR) is 126 cm³/mol. The zero-order valence-corrected chi connectivity index (χ0v) is 19.4. The number of amides is 1. The Balaban J connectivity index is 0.00000342. The van der Waals surface area contributed by atoms with Crippen LogP contribution in [0.15, 0.2) is 42.5 Å². The van der Waals surface area contributed by atoms with Gasteiger partial charge in [-0.05, 0) is 62.2 Å². The molecule has 1 aliphatic rings. The second kappa shape index (κ2) is 9.90. The summed E-state index contributed by atoms with van der Waals surface area (Å²) in [4.78, 5) is 26.6. The van der Waals surface area contributed by atoms with Gasteiger partial charge in [-0.15, -0.1) is 0 Å². The van der Waals surface area contributed by atoms with Crippen molar-refractivity contribution in [3.05, 3.63) is 59.7 Å². The molecule has 10 heteroatoms. The molecule has 1 fully saturated rings. The van der Waals surface area contributed by atoms with Gasteiger partial charge < -0.3 is 19.5 Å². The van der Waals surface area contributed by atoms with Crippen LogP contribution in [0.2, 0.25) is 0 Å². The highest BCUT2D eigenvalue weighted by atomic mass is 19.1. The van der Waals surface area contributed by atoms with Gasteiger partial charge in [0.15, 0.2) is 11.6 Å². The normalized spacial score (nSPS) is 16.2. The van der Waals surface area contributed by atoms with Gasteiger partial charge in [0.05, 0.1) is 19.2 Å². The molecular weight excluding hydrogens is 441 g/mol. The molecule has 1 aliphatic heterocycles. The van der Waals surface area contributed by atoms with E-state index in [1.54, 1.807) is 50.4 Å². The van der Waals surface area contributed by atoms with Gasteiger partial charge in [0.25, 0.3) is 0 Å². The number of benzene rings is 2. The first-order valence-corrected chi connectivity index (χ1v) is 10.9. The lowest BCUT2D eigenvalue weighted by molar-refractivity contribution is 0.178. The fourth-order valence-corrected chi connectivity index (χ4v) is 3.56. The van der Waals surface area contributed by atoms with Crippen LogP contribution >= 0.6 is 0 Å². The number of hydrogen-bond donors (Lipinski definition) is 1. The summed E-state index contributed by atoms with van der Waals surface area (Å²) >= 11 is 0. The van der Waals surface area contributed by atoms with Gasteiger partial charge in [0.1, 0.15) is 23.9 Å². The average molecular weight is 470 g/mol. The number of halogens is 1. The summed E-state index contributed by atoms with van der Waals surface area (Å²) in [5, 5.41) is 3.16. The molecule has 3 aromatic rings.